The van der Waals surface area contributed by atoms with Gasteiger partial charge in [0.15, 0.2) is 0 Å². The molecule has 1 aromatic heterocycles. The molecule has 0 radical (unpaired) electrons. The van der Waals surface area contributed by atoms with Crippen LogP contribution in [0, 0.1) is 5.82 Å². The van der Waals surface area contributed by atoms with Gasteiger partial charge in [-0.05, 0) is 42.0 Å². The fraction of sp³-hybridized carbons (Fsp3) is 0.0714. The van der Waals surface area contributed by atoms with E-state index in [1.165, 1.54) is 18.3 Å². The highest BCUT2D eigenvalue weighted by molar-refractivity contribution is 5.84. The van der Waals surface area contributed by atoms with E-state index in [-0.39, 0.29) is 18.3 Å². The Balaban J connectivity index is 1.76. The molecule has 20 heavy (non-hydrogen) atoms. The average molecular weight is 272 g/mol. The number of nitrogens with one attached hydrogen (secondary N) is 2. The summed E-state index contributed by atoms with van der Waals surface area (Å²) >= 11 is 0. The van der Waals surface area contributed by atoms with Gasteiger partial charge in [0.1, 0.15) is 5.82 Å². The number of carbonyl (C=O) groups is 1. The van der Waals surface area contributed by atoms with Crippen molar-refractivity contribution in [3.8, 4) is 0 Å². The lowest BCUT2D eigenvalue weighted by Gasteiger charge is -2.04. The molecule has 0 aliphatic rings. The van der Waals surface area contributed by atoms with Crippen LogP contribution < -0.4 is 10.7 Å². The van der Waals surface area contributed by atoms with E-state index >= 15 is 0 Å². The van der Waals surface area contributed by atoms with Crippen LogP contribution in [0.4, 0.5) is 10.1 Å². The van der Waals surface area contributed by atoms with Crippen LogP contribution in [0.25, 0.3) is 0 Å². The second kappa shape index (κ2) is 6.98. The highest BCUT2D eigenvalue weighted by Gasteiger charge is 1.99. The molecule has 2 rings (SSSR count). The van der Waals surface area contributed by atoms with Crippen LogP contribution in [0.5, 0.6) is 0 Å². The van der Waals surface area contributed by atoms with Gasteiger partial charge in [0.2, 0.25) is 0 Å². The zero-order valence-corrected chi connectivity index (χ0v) is 10.6. The van der Waals surface area contributed by atoms with Gasteiger partial charge in [-0.1, -0.05) is 0 Å². The maximum atomic E-state index is 12.7. The Morgan fingerprint density at radius 1 is 1.20 bits per heavy atom. The van der Waals surface area contributed by atoms with Crippen LogP contribution in [-0.2, 0) is 4.79 Å². The number of rotatable bonds is 5. The largest absolute Gasteiger partial charge is 0.376 e. The quantitative estimate of drug-likeness (QED) is 0.644. The van der Waals surface area contributed by atoms with E-state index in [0.717, 1.165) is 5.56 Å². The van der Waals surface area contributed by atoms with E-state index in [9.17, 15) is 9.18 Å². The number of benzene rings is 1. The minimum absolute atomic E-state index is 0.0549. The summed E-state index contributed by atoms with van der Waals surface area (Å²) in [5, 5.41) is 6.67. The standard InChI is InChI=1S/C14H13FN4O/c15-12-1-3-13(4-2-12)17-10-14(20)19-18-9-11-5-7-16-8-6-11/h1-9,17H,10H2,(H,19,20)/b18-9+. The first-order valence-corrected chi connectivity index (χ1v) is 5.95. The summed E-state index contributed by atoms with van der Waals surface area (Å²) in [5.41, 5.74) is 3.89. The molecule has 6 heteroatoms. The molecule has 0 saturated heterocycles. The van der Waals surface area contributed by atoms with Crippen molar-refractivity contribution in [3.63, 3.8) is 0 Å². The van der Waals surface area contributed by atoms with Crippen LogP contribution in [0.3, 0.4) is 0 Å². The fourth-order valence-electron chi connectivity index (χ4n) is 1.42. The summed E-state index contributed by atoms with van der Waals surface area (Å²) in [5.74, 6) is -0.610. The summed E-state index contributed by atoms with van der Waals surface area (Å²) < 4.78 is 12.7. The summed E-state index contributed by atoms with van der Waals surface area (Å²) in [4.78, 5) is 15.4. The zero-order valence-electron chi connectivity index (χ0n) is 10.6. The molecular formula is C14H13FN4O. The molecule has 5 nitrogen and oxygen atoms in total. The van der Waals surface area contributed by atoms with E-state index in [4.69, 9.17) is 0 Å². The molecule has 0 aliphatic heterocycles. The second-order valence-electron chi connectivity index (χ2n) is 3.93. The monoisotopic (exact) mass is 272 g/mol. The lowest BCUT2D eigenvalue weighted by Crippen LogP contribution is -2.25. The molecule has 102 valence electrons. The predicted octanol–water partition coefficient (Wildman–Crippen LogP) is 1.78. The maximum absolute atomic E-state index is 12.7. The van der Waals surface area contributed by atoms with Crippen molar-refractivity contribution < 1.29 is 9.18 Å². The average Bonchev–Trinajstić information content (AvgIpc) is 2.48. The number of hydrazone groups is 1. The van der Waals surface area contributed by atoms with Crippen molar-refractivity contribution in [2.24, 2.45) is 5.10 Å². The highest BCUT2D eigenvalue weighted by atomic mass is 19.1. The van der Waals surface area contributed by atoms with Crippen LogP contribution in [-0.4, -0.2) is 23.7 Å². The van der Waals surface area contributed by atoms with Crippen molar-refractivity contribution in [1.29, 1.82) is 0 Å². The molecule has 1 amide bonds. The third-order valence-corrected chi connectivity index (χ3v) is 2.41. The Morgan fingerprint density at radius 3 is 2.60 bits per heavy atom. The summed E-state index contributed by atoms with van der Waals surface area (Å²) in [6.45, 7) is 0.0549. The van der Waals surface area contributed by atoms with Gasteiger partial charge in [0, 0.05) is 18.1 Å². The third-order valence-electron chi connectivity index (χ3n) is 2.41. The van der Waals surface area contributed by atoms with E-state index in [1.807, 2.05) is 0 Å². The number of halogens is 1. The van der Waals surface area contributed by atoms with Gasteiger partial charge in [-0.15, -0.1) is 0 Å². The molecule has 0 spiro atoms. The van der Waals surface area contributed by atoms with E-state index in [2.05, 4.69) is 20.8 Å². The molecule has 0 unspecified atom stereocenters. The highest BCUT2D eigenvalue weighted by Crippen LogP contribution is 2.07. The Labute approximate surface area is 115 Å². The minimum atomic E-state index is -0.318. The first kappa shape index (κ1) is 13.7. The Hall–Kier alpha value is -2.76. The molecule has 0 fully saturated rings. The SMILES string of the molecule is O=C(CNc1ccc(F)cc1)N/N=C/c1ccncc1. The summed E-state index contributed by atoms with van der Waals surface area (Å²) in [7, 11) is 0. The van der Waals surface area contributed by atoms with Gasteiger partial charge in [-0.2, -0.15) is 5.10 Å². The van der Waals surface area contributed by atoms with Crippen molar-refractivity contribution in [2.75, 3.05) is 11.9 Å². The molecule has 0 aliphatic carbocycles. The van der Waals surface area contributed by atoms with Crippen molar-refractivity contribution >= 4 is 17.8 Å². The molecule has 1 aromatic carbocycles. The number of anilines is 1. The topological polar surface area (TPSA) is 66.4 Å². The molecule has 0 saturated carbocycles. The fourth-order valence-corrected chi connectivity index (χ4v) is 1.42. The third kappa shape index (κ3) is 4.49. The molecule has 0 atom stereocenters. The van der Waals surface area contributed by atoms with Crippen LogP contribution in [0.2, 0.25) is 0 Å². The van der Waals surface area contributed by atoms with E-state index < -0.39 is 0 Å². The van der Waals surface area contributed by atoms with Gasteiger partial charge in [0.25, 0.3) is 5.91 Å². The Kier molecular flexibility index (Phi) is 4.77. The molecule has 2 aromatic rings. The van der Waals surface area contributed by atoms with Gasteiger partial charge < -0.3 is 5.32 Å². The maximum Gasteiger partial charge on any atom is 0.259 e. The Bertz CT molecular complexity index is 584. The lowest BCUT2D eigenvalue weighted by atomic mass is 10.3. The van der Waals surface area contributed by atoms with Crippen molar-refractivity contribution in [1.82, 2.24) is 10.4 Å². The number of aromatic nitrogens is 1. The first-order chi connectivity index (χ1) is 9.74. The molecular weight excluding hydrogens is 259 g/mol. The van der Waals surface area contributed by atoms with E-state index in [1.54, 1.807) is 36.7 Å². The smallest absolute Gasteiger partial charge is 0.259 e. The number of hydrogen-bond donors (Lipinski definition) is 2. The zero-order chi connectivity index (χ0) is 14.2. The summed E-state index contributed by atoms with van der Waals surface area (Å²) in [6.07, 6.45) is 4.80. The number of amides is 1. The molecule has 0 bridgehead atoms. The van der Waals surface area contributed by atoms with Crippen molar-refractivity contribution in [3.05, 3.63) is 60.2 Å². The van der Waals surface area contributed by atoms with Gasteiger partial charge in [0.05, 0.1) is 12.8 Å². The number of hydrogen-bond acceptors (Lipinski definition) is 4. The number of carbonyl (C=O) groups excluding carboxylic acids is 1. The number of pyridine rings is 1. The van der Waals surface area contributed by atoms with Crippen LogP contribution >= 0.6 is 0 Å². The predicted molar refractivity (Wildman–Crippen MR) is 74.9 cm³/mol. The summed E-state index contributed by atoms with van der Waals surface area (Å²) in [6, 6.07) is 9.30. The minimum Gasteiger partial charge on any atom is -0.376 e. The first-order valence-electron chi connectivity index (χ1n) is 5.95. The van der Waals surface area contributed by atoms with Gasteiger partial charge in [-0.3, -0.25) is 9.78 Å². The van der Waals surface area contributed by atoms with E-state index in [0.29, 0.717) is 5.69 Å². The second-order valence-corrected chi connectivity index (χ2v) is 3.93. The molecule has 1 heterocycles. The Morgan fingerprint density at radius 2 is 1.90 bits per heavy atom. The normalized spacial score (nSPS) is 10.4. The molecule has 2 N–H and O–H groups in total. The lowest BCUT2D eigenvalue weighted by molar-refractivity contribution is -0.119. The van der Waals surface area contributed by atoms with Gasteiger partial charge in [-0.25, -0.2) is 9.82 Å². The van der Waals surface area contributed by atoms with Crippen LogP contribution in [0.15, 0.2) is 53.9 Å². The van der Waals surface area contributed by atoms with Crippen LogP contribution in [0.1, 0.15) is 5.56 Å². The van der Waals surface area contributed by atoms with Crippen molar-refractivity contribution in [2.45, 2.75) is 0 Å². The van der Waals surface area contributed by atoms with Gasteiger partial charge >= 0.3 is 0 Å². The number of nitrogens with zero attached hydrogens (tertiary/aromatic N) is 2.